The van der Waals surface area contributed by atoms with Gasteiger partial charge in [-0.2, -0.15) is 0 Å². The summed E-state index contributed by atoms with van der Waals surface area (Å²) >= 11 is 0. The van der Waals surface area contributed by atoms with Gasteiger partial charge in [0.25, 0.3) is 0 Å². The summed E-state index contributed by atoms with van der Waals surface area (Å²) in [6.45, 7) is 5.76. The van der Waals surface area contributed by atoms with E-state index in [0.717, 1.165) is 48.9 Å². The van der Waals surface area contributed by atoms with Crippen LogP contribution in [0.25, 0.3) is 11.3 Å². The van der Waals surface area contributed by atoms with Crippen molar-refractivity contribution in [1.29, 1.82) is 5.41 Å². The molecule has 2 aromatic rings. The molecule has 0 aliphatic heterocycles. The van der Waals surface area contributed by atoms with E-state index in [1.54, 1.807) is 14.0 Å². The molecule has 1 aliphatic rings. The third-order valence-corrected chi connectivity index (χ3v) is 7.02. The van der Waals surface area contributed by atoms with E-state index >= 15 is 0 Å². The van der Waals surface area contributed by atoms with E-state index in [-0.39, 0.29) is 23.3 Å². The summed E-state index contributed by atoms with van der Waals surface area (Å²) in [6, 6.07) is 8.79. The normalized spacial score (nSPS) is 16.9. The largest absolute Gasteiger partial charge is 0.344 e. The minimum Gasteiger partial charge on any atom is -0.344 e. The number of ketones is 1. The van der Waals surface area contributed by atoms with Gasteiger partial charge in [-0.3, -0.25) is 9.59 Å². The van der Waals surface area contributed by atoms with E-state index in [1.807, 2.05) is 44.2 Å². The fraction of sp³-hybridized carbons (Fsp3) is 0.519. The molecule has 7 heteroatoms. The molecule has 3 N–H and O–H groups in total. The minimum absolute atomic E-state index is 0.00455. The van der Waals surface area contributed by atoms with E-state index < -0.39 is 18.0 Å². The SMILES string of the molecule is CC[C@H](C(=N)C(=O)[C@@H](NC(=O)[C@H](C)NC)C1CCCCC1)c1cc(-c2ccccc2C)ncn1. The lowest BCUT2D eigenvalue weighted by Crippen LogP contribution is -2.53. The van der Waals surface area contributed by atoms with Crippen LogP contribution in [0.3, 0.4) is 0 Å². The number of rotatable bonds is 10. The molecule has 3 atom stereocenters. The second-order valence-corrected chi connectivity index (χ2v) is 9.28. The van der Waals surface area contributed by atoms with E-state index in [9.17, 15) is 9.59 Å². The molecule has 1 heterocycles. The molecule has 182 valence electrons. The zero-order valence-corrected chi connectivity index (χ0v) is 20.7. The quantitative estimate of drug-likeness (QED) is 0.458. The molecule has 0 unspecified atom stereocenters. The van der Waals surface area contributed by atoms with Crippen molar-refractivity contribution >= 4 is 17.4 Å². The molecule has 1 saturated carbocycles. The molecule has 1 amide bonds. The number of aryl methyl sites for hydroxylation is 1. The maximum Gasteiger partial charge on any atom is 0.237 e. The van der Waals surface area contributed by atoms with Crippen molar-refractivity contribution in [2.45, 2.75) is 77.3 Å². The van der Waals surface area contributed by atoms with Gasteiger partial charge in [-0.15, -0.1) is 0 Å². The zero-order chi connectivity index (χ0) is 24.7. The monoisotopic (exact) mass is 463 g/mol. The lowest BCUT2D eigenvalue weighted by atomic mass is 9.79. The summed E-state index contributed by atoms with van der Waals surface area (Å²) < 4.78 is 0. The molecule has 0 spiro atoms. The van der Waals surface area contributed by atoms with Crippen LogP contribution in [-0.2, 0) is 9.59 Å². The summed E-state index contributed by atoms with van der Waals surface area (Å²) in [6.07, 6.45) is 7.08. The van der Waals surface area contributed by atoms with Crippen molar-refractivity contribution < 1.29 is 9.59 Å². The van der Waals surface area contributed by atoms with Crippen molar-refractivity contribution in [2.75, 3.05) is 7.05 Å². The summed E-state index contributed by atoms with van der Waals surface area (Å²) in [5.74, 6) is -0.911. The highest BCUT2D eigenvalue weighted by molar-refractivity contribution is 6.42. The van der Waals surface area contributed by atoms with Crippen LogP contribution in [0.5, 0.6) is 0 Å². The average molecular weight is 464 g/mol. The van der Waals surface area contributed by atoms with Gasteiger partial charge in [0.2, 0.25) is 5.91 Å². The van der Waals surface area contributed by atoms with Crippen molar-refractivity contribution in [3.05, 3.63) is 47.9 Å². The van der Waals surface area contributed by atoms with Crippen LogP contribution in [0.4, 0.5) is 0 Å². The van der Waals surface area contributed by atoms with Gasteiger partial charge in [0.15, 0.2) is 5.78 Å². The molecule has 0 bridgehead atoms. The molecule has 1 aromatic carbocycles. The number of benzene rings is 1. The van der Waals surface area contributed by atoms with Gasteiger partial charge in [-0.05, 0) is 57.7 Å². The first-order valence-corrected chi connectivity index (χ1v) is 12.4. The van der Waals surface area contributed by atoms with Crippen LogP contribution in [0.15, 0.2) is 36.7 Å². The topological polar surface area (TPSA) is 108 Å². The highest BCUT2D eigenvalue weighted by Gasteiger charge is 2.36. The molecular formula is C27H37N5O2. The number of aromatic nitrogens is 2. The summed E-state index contributed by atoms with van der Waals surface area (Å²) in [4.78, 5) is 35.2. The predicted octanol–water partition coefficient (Wildman–Crippen LogP) is 4.21. The van der Waals surface area contributed by atoms with Gasteiger partial charge in [0.1, 0.15) is 6.33 Å². The van der Waals surface area contributed by atoms with E-state index in [1.165, 1.54) is 6.33 Å². The molecule has 1 aliphatic carbocycles. The number of carbonyl (C=O) groups excluding carboxylic acids is 2. The Morgan fingerprint density at radius 3 is 2.50 bits per heavy atom. The summed E-state index contributed by atoms with van der Waals surface area (Å²) in [7, 11) is 1.72. The zero-order valence-electron chi connectivity index (χ0n) is 20.7. The van der Waals surface area contributed by atoms with Gasteiger partial charge in [-0.1, -0.05) is 50.5 Å². The van der Waals surface area contributed by atoms with Gasteiger partial charge >= 0.3 is 0 Å². The van der Waals surface area contributed by atoms with Gasteiger partial charge in [-0.25, -0.2) is 9.97 Å². The third kappa shape index (κ3) is 5.95. The Morgan fingerprint density at radius 2 is 1.85 bits per heavy atom. The van der Waals surface area contributed by atoms with Crippen LogP contribution in [0.2, 0.25) is 0 Å². The Kier molecular flexibility index (Phi) is 9.05. The Labute approximate surface area is 202 Å². The highest BCUT2D eigenvalue weighted by atomic mass is 16.2. The Hall–Kier alpha value is -2.93. The van der Waals surface area contributed by atoms with Crippen molar-refractivity contribution in [1.82, 2.24) is 20.6 Å². The molecule has 0 radical (unpaired) electrons. The summed E-state index contributed by atoms with van der Waals surface area (Å²) in [5.41, 5.74) is 3.55. The van der Waals surface area contributed by atoms with Gasteiger partial charge in [0.05, 0.1) is 29.2 Å². The van der Waals surface area contributed by atoms with Gasteiger partial charge < -0.3 is 16.0 Å². The average Bonchev–Trinajstić information content (AvgIpc) is 2.87. The molecular weight excluding hydrogens is 426 g/mol. The number of likely N-dealkylation sites (N-methyl/N-ethyl adjacent to an activating group) is 1. The number of hydrogen-bond donors (Lipinski definition) is 3. The number of carbonyl (C=O) groups is 2. The van der Waals surface area contributed by atoms with Crippen LogP contribution in [0.1, 0.15) is 69.5 Å². The van der Waals surface area contributed by atoms with Crippen molar-refractivity contribution in [2.24, 2.45) is 5.92 Å². The smallest absolute Gasteiger partial charge is 0.237 e. The predicted molar refractivity (Wildman–Crippen MR) is 135 cm³/mol. The molecule has 34 heavy (non-hydrogen) atoms. The molecule has 1 fully saturated rings. The number of nitrogens with one attached hydrogen (secondary N) is 3. The fourth-order valence-corrected chi connectivity index (χ4v) is 4.75. The lowest BCUT2D eigenvalue weighted by Gasteiger charge is -2.31. The first-order valence-electron chi connectivity index (χ1n) is 12.4. The van der Waals surface area contributed by atoms with Crippen LogP contribution in [0, 0.1) is 18.3 Å². The van der Waals surface area contributed by atoms with E-state index in [0.29, 0.717) is 12.1 Å². The standard InChI is InChI=1S/C27H37N5O2/c1-5-20(22-15-23(31-16-30-22)21-14-10-9-11-17(21)2)24(28)26(33)25(19-12-7-6-8-13-19)32-27(34)18(3)29-4/h9-11,14-16,18-20,25,28-29H,5-8,12-13H2,1-4H3,(H,32,34)/t18-,20-,25-/m0/s1. The van der Waals surface area contributed by atoms with E-state index in [2.05, 4.69) is 20.6 Å². The van der Waals surface area contributed by atoms with Crippen LogP contribution >= 0.6 is 0 Å². The minimum atomic E-state index is -0.678. The molecule has 7 nitrogen and oxygen atoms in total. The lowest BCUT2D eigenvalue weighted by molar-refractivity contribution is -0.127. The third-order valence-electron chi connectivity index (χ3n) is 7.02. The van der Waals surface area contributed by atoms with Gasteiger partial charge in [0, 0.05) is 11.5 Å². The molecule has 0 saturated heterocycles. The number of amides is 1. The number of Topliss-reactive ketones (excluding diaryl/α,β-unsaturated/α-hetero) is 1. The van der Waals surface area contributed by atoms with E-state index in [4.69, 9.17) is 5.41 Å². The molecule has 1 aromatic heterocycles. The number of nitrogens with zero attached hydrogens (tertiary/aromatic N) is 2. The first-order chi connectivity index (χ1) is 16.4. The Bertz CT molecular complexity index is 1020. The second kappa shape index (κ2) is 12.0. The Balaban J connectivity index is 1.88. The fourth-order valence-electron chi connectivity index (χ4n) is 4.75. The highest BCUT2D eigenvalue weighted by Crippen LogP contribution is 2.30. The maximum absolute atomic E-state index is 13.7. The van der Waals surface area contributed by atoms with Crippen LogP contribution < -0.4 is 10.6 Å². The first kappa shape index (κ1) is 25.7. The Morgan fingerprint density at radius 1 is 1.15 bits per heavy atom. The maximum atomic E-state index is 13.7. The van der Waals surface area contributed by atoms with Crippen molar-refractivity contribution in [3.63, 3.8) is 0 Å². The summed E-state index contributed by atoms with van der Waals surface area (Å²) in [5, 5.41) is 14.8. The second-order valence-electron chi connectivity index (χ2n) is 9.28. The number of hydrogen-bond acceptors (Lipinski definition) is 6. The van der Waals surface area contributed by atoms with Crippen molar-refractivity contribution in [3.8, 4) is 11.3 Å². The van der Waals surface area contributed by atoms with Crippen LogP contribution in [-0.4, -0.2) is 46.5 Å². The molecule has 3 rings (SSSR count).